The third-order valence-corrected chi connectivity index (χ3v) is 6.56. The van der Waals surface area contributed by atoms with Crippen LogP contribution >= 0.6 is 11.6 Å². The minimum Gasteiger partial charge on any atom is -0.348 e. The second kappa shape index (κ2) is 8.21. The summed E-state index contributed by atoms with van der Waals surface area (Å²) in [6.07, 6.45) is 1.90. The molecule has 27 heavy (non-hydrogen) atoms. The van der Waals surface area contributed by atoms with Crippen LogP contribution < -0.4 is 5.32 Å². The van der Waals surface area contributed by atoms with Gasteiger partial charge in [-0.1, -0.05) is 35.9 Å². The Morgan fingerprint density at radius 3 is 2.48 bits per heavy atom. The van der Waals surface area contributed by atoms with Gasteiger partial charge in [-0.05, 0) is 42.3 Å². The summed E-state index contributed by atoms with van der Waals surface area (Å²) in [6, 6.07) is 11.9. The average Bonchev–Trinajstić information content (AvgIpc) is 2.67. The summed E-state index contributed by atoms with van der Waals surface area (Å²) < 4.78 is 39.4. The lowest BCUT2D eigenvalue weighted by Crippen LogP contribution is -2.37. The summed E-state index contributed by atoms with van der Waals surface area (Å²) >= 11 is 6.07. The lowest BCUT2D eigenvalue weighted by Gasteiger charge is -2.25. The van der Waals surface area contributed by atoms with Crippen molar-refractivity contribution in [3.05, 3.63) is 76.6 Å². The third-order valence-electron chi connectivity index (χ3n) is 4.31. The molecular formula is C19H18ClFN2O3S. The Kier molecular flexibility index (Phi) is 5.94. The zero-order valence-electron chi connectivity index (χ0n) is 14.4. The van der Waals surface area contributed by atoms with Crippen LogP contribution in [-0.4, -0.2) is 31.7 Å². The monoisotopic (exact) mass is 408 g/mol. The number of sulfonamides is 1. The third kappa shape index (κ3) is 4.55. The number of amides is 1. The zero-order chi connectivity index (χ0) is 19.4. The molecule has 1 aliphatic rings. The van der Waals surface area contributed by atoms with Gasteiger partial charge in [0.1, 0.15) is 5.82 Å². The van der Waals surface area contributed by atoms with Gasteiger partial charge < -0.3 is 5.32 Å². The maximum Gasteiger partial charge on any atom is 0.247 e. The van der Waals surface area contributed by atoms with E-state index in [0.717, 1.165) is 17.7 Å². The Hall–Kier alpha value is -2.22. The molecule has 1 N–H and O–H groups in total. The topological polar surface area (TPSA) is 66.5 Å². The number of nitrogens with zero attached hydrogens (tertiary/aromatic N) is 1. The predicted molar refractivity (Wildman–Crippen MR) is 101 cm³/mol. The molecule has 0 aliphatic carbocycles. The van der Waals surface area contributed by atoms with Crippen molar-refractivity contribution < 1.29 is 17.6 Å². The Balaban J connectivity index is 1.63. The van der Waals surface area contributed by atoms with Gasteiger partial charge in [0.05, 0.1) is 4.90 Å². The van der Waals surface area contributed by atoms with E-state index in [1.165, 1.54) is 16.4 Å². The van der Waals surface area contributed by atoms with E-state index in [0.29, 0.717) is 23.6 Å². The highest BCUT2D eigenvalue weighted by atomic mass is 35.5. The molecule has 3 rings (SSSR count). The molecule has 0 radical (unpaired) electrons. The van der Waals surface area contributed by atoms with Gasteiger partial charge in [-0.15, -0.1) is 0 Å². The predicted octanol–water partition coefficient (Wildman–Crippen LogP) is 3.12. The van der Waals surface area contributed by atoms with E-state index in [2.05, 4.69) is 5.32 Å². The van der Waals surface area contributed by atoms with Crippen molar-refractivity contribution >= 4 is 27.5 Å². The van der Waals surface area contributed by atoms with Crippen LogP contribution in [0.5, 0.6) is 0 Å². The first kappa shape index (κ1) is 19.5. The van der Waals surface area contributed by atoms with Crippen LogP contribution in [0.1, 0.15) is 12.0 Å². The molecule has 5 nitrogen and oxygen atoms in total. The van der Waals surface area contributed by atoms with Crippen LogP contribution in [0.15, 0.2) is 65.1 Å². The maximum absolute atomic E-state index is 13.0. The van der Waals surface area contributed by atoms with Crippen LogP contribution in [0.4, 0.5) is 4.39 Å². The van der Waals surface area contributed by atoms with Gasteiger partial charge in [0.25, 0.3) is 0 Å². The zero-order valence-corrected chi connectivity index (χ0v) is 15.9. The van der Waals surface area contributed by atoms with E-state index >= 15 is 0 Å². The number of hydrogen-bond acceptors (Lipinski definition) is 3. The van der Waals surface area contributed by atoms with Gasteiger partial charge in [-0.2, -0.15) is 4.31 Å². The quantitative estimate of drug-likeness (QED) is 0.826. The Morgan fingerprint density at radius 1 is 1.15 bits per heavy atom. The van der Waals surface area contributed by atoms with E-state index in [9.17, 15) is 17.6 Å². The van der Waals surface area contributed by atoms with Crippen molar-refractivity contribution in [3.8, 4) is 0 Å². The molecule has 0 spiro atoms. The van der Waals surface area contributed by atoms with Gasteiger partial charge >= 0.3 is 0 Å². The molecule has 1 amide bonds. The van der Waals surface area contributed by atoms with Crippen LogP contribution in [0, 0.1) is 5.82 Å². The molecule has 1 heterocycles. The van der Waals surface area contributed by atoms with Gasteiger partial charge in [-0.3, -0.25) is 4.79 Å². The molecule has 0 atom stereocenters. The van der Waals surface area contributed by atoms with E-state index in [-0.39, 0.29) is 23.9 Å². The second-order valence-corrected chi connectivity index (χ2v) is 8.42. The van der Waals surface area contributed by atoms with E-state index in [4.69, 9.17) is 11.6 Å². The molecule has 0 saturated heterocycles. The van der Waals surface area contributed by atoms with Crippen molar-refractivity contribution in [1.29, 1.82) is 0 Å². The Bertz CT molecular complexity index is 975. The first-order chi connectivity index (χ1) is 12.9. The van der Waals surface area contributed by atoms with Crippen LogP contribution in [0.3, 0.4) is 0 Å². The summed E-state index contributed by atoms with van der Waals surface area (Å²) in [4.78, 5) is 12.3. The van der Waals surface area contributed by atoms with Crippen LogP contribution in [-0.2, 0) is 21.4 Å². The molecular weight excluding hydrogens is 391 g/mol. The van der Waals surface area contributed by atoms with E-state index in [1.807, 2.05) is 18.2 Å². The standard InChI is InChI=1S/C19H18ClFN2O3S/c20-18-4-2-1-3-15(18)13-22-19(24)14-9-11-23(12-10-14)27(25,26)17-7-5-16(21)6-8-17/h1-9H,10-13H2,(H,22,24). The highest BCUT2D eigenvalue weighted by Crippen LogP contribution is 2.21. The maximum atomic E-state index is 13.0. The summed E-state index contributed by atoms with van der Waals surface area (Å²) in [6.45, 7) is 0.576. The minimum atomic E-state index is -3.72. The first-order valence-corrected chi connectivity index (χ1v) is 10.2. The first-order valence-electron chi connectivity index (χ1n) is 8.34. The fourth-order valence-corrected chi connectivity index (χ4v) is 4.34. The molecule has 0 unspecified atom stereocenters. The summed E-state index contributed by atoms with van der Waals surface area (Å²) in [5.74, 6) is -0.737. The molecule has 8 heteroatoms. The highest BCUT2D eigenvalue weighted by molar-refractivity contribution is 7.89. The lowest BCUT2D eigenvalue weighted by atomic mass is 10.1. The Labute approximate surface area is 162 Å². The second-order valence-electron chi connectivity index (χ2n) is 6.07. The average molecular weight is 409 g/mol. The number of benzene rings is 2. The van der Waals surface area contributed by atoms with Crippen molar-refractivity contribution in [2.45, 2.75) is 17.9 Å². The van der Waals surface area contributed by atoms with Gasteiger partial charge in [0.2, 0.25) is 15.9 Å². The largest absolute Gasteiger partial charge is 0.348 e. The van der Waals surface area contributed by atoms with E-state index < -0.39 is 15.8 Å². The van der Waals surface area contributed by atoms with Crippen molar-refractivity contribution in [3.63, 3.8) is 0 Å². The molecule has 1 aliphatic heterocycles. The van der Waals surface area contributed by atoms with Crippen LogP contribution in [0.2, 0.25) is 5.02 Å². The van der Waals surface area contributed by atoms with Gasteiger partial charge in [0, 0.05) is 30.2 Å². The molecule has 0 bridgehead atoms. The van der Waals surface area contributed by atoms with Crippen molar-refractivity contribution in [2.24, 2.45) is 0 Å². The molecule has 142 valence electrons. The number of carbonyl (C=O) groups is 1. The normalized spacial score (nSPS) is 15.3. The molecule has 2 aromatic rings. The molecule has 0 saturated carbocycles. The fraction of sp³-hybridized carbons (Fsp3) is 0.211. The lowest BCUT2D eigenvalue weighted by molar-refractivity contribution is -0.117. The highest BCUT2D eigenvalue weighted by Gasteiger charge is 2.27. The summed E-state index contributed by atoms with van der Waals surface area (Å²) in [5.41, 5.74) is 1.34. The smallest absolute Gasteiger partial charge is 0.247 e. The van der Waals surface area contributed by atoms with Crippen LogP contribution in [0.25, 0.3) is 0 Å². The van der Waals surface area contributed by atoms with E-state index in [1.54, 1.807) is 12.1 Å². The summed E-state index contributed by atoms with van der Waals surface area (Å²) in [7, 11) is -3.72. The van der Waals surface area contributed by atoms with Gasteiger partial charge in [-0.25, -0.2) is 12.8 Å². The number of rotatable bonds is 5. The van der Waals surface area contributed by atoms with Crippen molar-refractivity contribution in [2.75, 3.05) is 13.1 Å². The number of halogens is 2. The number of nitrogens with one attached hydrogen (secondary N) is 1. The fourth-order valence-electron chi connectivity index (χ4n) is 2.76. The molecule has 0 fully saturated rings. The van der Waals surface area contributed by atoms with Gasteiger partial charge in [0.15, 0.2) is 0 Å². The minimum absolute atomic E-state index is 0.0314. The number of carbonyl (C=O) groups excluding carboxylic acids is 1. The number of hydrogen-bond donors (Lipinski definition) is 1. The molecule has 0 aromatic heterocycles. The Morgan fingerprint density at radius 2 is 1.85 bits per heavy atom. The van der Waals surface area contributed by atoms with Crippen molar-refractivity contribution in [1.82, 2.24) is 9.62 Å². The molecule has 2 aromatic carbocycles. The SMILES string of the molecule is O=C(NCc1ccccc1Cl)C1=CCN(S(=O)(=O)c2ccc(F)cc2)CC1. The summed E-state index contributed by atoms with van der Waals surface area (Å²) in [5, 5.41) is 3.38.